The van der Waals surface area contributed by atoms with Gasteiger partial charge in [0.05, 0.1) is 11.6 Å². The smallest absolute Gasteiger partial charge is 0.129 e. The van der Waals surface area contributed by atoms with Crippen LogP contribution in [0, 0.1) is 11.3 Å². The number of nitrogens with zero attached hydrogens (tertiary/aromatic N) is 4. The van der Waals surface area contributed by atoms with E-state index in [1.807, 2.05) is 18.3 Å². The topological polar surface area (TPSA) is 55.2 Å². The van der Waals surface area contributed by atoms with Crippen LogP contribution in [0.4, 0.5) is 11.5 Å². The Morgan fingerprint density at radius 1 is 1.10 bits per heavy atom. The minimum absolute atomic E-state index is 0.402. The number of pyridine rings is 1. The number of rotatable bonds is 3. The Balaban J connectivity index is 1.44. The van der Waals surface area contributed by atoms with Crippen molar-refractivity contribution in [1.29, 1.82) is 5.26 Å². The van der Waals surface area contributed by atoms with Gasteiger partial charge >= 0.3 is 0 Å². The van der Waals surface area contributed by atoms with Gasteiger partial charge in [0, 0.05) is 49.1 Å². The zero-order chi connectivity index (χ0) is 21.4. The number of anilines is 2. The second kappa shape index (κ2) is 8.36. The summed E-state index contributed by atoms with van der Waals surface area (Å²) >= 11 is 0. The molecule has 1 aromatic carbocycles. The van der Waals surface area contributed by atoms with Crippen LogP contribution in [0.2, 0.25) is 0 Å². The molecular weight excluding hydrogens is 382 g/mol. The lowest BCUT2D eigenvalue weighted by molar-refractivity contribution is 0.188. The lowest BCUT2D eigenvalue weighted by atomic mass is 9.81. The molecule has 1 N–H and O–H groups in total. The zero-order valence-corrected chi connectivity index (χ0v) is 18.3. The molecule has 0 amide bonds. The van der Waals surface area contributed by atoms with E-state index in [0.29, 0.717) is 29.7 Å². The Kier molecular flexibility index (Phi) is 5.41. The van der Waals surface area contributed by atoms with E-state index in [-0.39, 0.29) is 0 Å². The standard InChI is InChI=1S/C26H31N5/c1-18(2)20-11-13-28-26(15-20)31-24-6-4-3-5-22(24)29-23-17-30(14-12-25(23)31)21-9-7-19(16-27)8-10-21/h7-11,13,15,22-25,29H,1,3-6,12,14,17H2,2H3/t22-,23-,24-,25?/m1/s1. The molecule has 0 radical (unpaired) electrons. The zero-order valence-electron chi connectivity index (χ0n) is 18.3. The van der Waals surface area contributed by atoms with Gasteiger partial charge in [0.15, 0.2) is 0 Å². The minimum atomic E-state index is 0.402. The molecule has 1 aromatic heterocycles. The van der Waals surface area contributed by atoms with Crippen LogP contribution in [0.5, 0.6) is 0 Å². The Morgan fingerprint density at radius 2 is 1.87 bits per heavy atom. The second-order valence-electron chi connectivity index (χ2n) is 9.28. The highest BCUT2D eigenvalue weighted by Crippen LogP contribution is 2.37. The van der Waals surface area contributed by atoms with E-state index in [1.54, 1.807) is 0 Å². The molecule has 160 valence electrons. The molecule has 1 aliphatic carbocycles. The number of hydrogen-bond acceptors (Lipinski definition) is 5. The van der Waals surface area contributed by atoms with Crippen LogP contribution < -0.4 is 15.1 Å². The van der Waals surface area contributed by atoms with E-state index in [4.69, 9.17) is 10.2 Å². The number of fused-ring (bicyclic) bond motifs is 2. The lowest BCUT2D eigenvalue weighted by Gasteiger charge is -2.56. The average Bonchev–Trinajstić information content (AvgIpc) is 2.82. The number of benzene rings is 1. The van der Waals surface area contributed by atoms with Crippen molar-refractivity contribution in [1.82, 2.24) is 10.3 Å². The Bertz CT molecular complexity index is 992. The fourth-order valence-corrected chi connectivity index (χ4v) is 5.74. The van der Waals surface area contributed by atoms with E-state index in [9.17, 15) is 0 Å². The molecule has 2 aliphatic heterocycles. The normalized spacial score (nSPS) is 27.7. The number of piperidine rings is 1. The summed E-state index contributed by atoms with van der Waals surface area (Å²) < 4.78 is 0. The monoisotopic (exact) mass is 413 g/mol. The molecule has 3 fully saturated rings. The first-order chi connectivity index (χ1) is 15.1. The average molecular weight is 414 g/mol. The summed E-state index contributed by atoms with van der Waals surface area (Å²) in [4.78, 5) is 9.96. The van der Waals surface area contributed by atoms with Crippen LogP contribution in [0.1, 0.15) is 50.2 Å². The maximum Gasteiger partial charge on any atom is 0.129 e. The Morgan fingerprint density at radius 3 is 2.65 bits per heavy atom. The summed E-state index contributed by atoms with van der Waals surface area (Å²) in [5, 5.41) is 13.1. The molecule has 1 saturated carbocycles. The summed E-state index contributed by atoms with van der Waals surface area (Å²) in [5.74, 6) is 1.11. The van der Waals surface area contributed by atoms with Gasteiger partial charge in [-0.3, -0.25) is 0 Å². The van der Waals surface area contributed by atoms with Crippen LogP contribution in [-0.2, 0) is 0 Å². The Hall–Kier alpha value is -2.84. The van der Waals surface area contributed by atoms with Gasteiger partial charge < -0.3 is 15.1 Å². The lowest BCUT2D eigenvalue weighted by Crippen LogP contribution is -2.72. The number of piperazine rings is 1. The molecule has 5 nitrogen and oxygen atoms in total. The Labute approximate surface area is 185 Å². The quantitative estimate of drug-likeness (QED) is 0.811. The number of aromatic nitrogens is 1. The molecule has 3 heterocycles. The van der Waals surface area contributed by atoms with Gasteiger partial charge in [-0.05, 0) is 68.1 Å². The molecule has 5 heteroatoms. The van der Waals surface area contributed by atoms with Crippen molar-refractivity contribution in [3.8, 4) is 6.07 Å². The second-order valence-corrected chi connectivity index (χ2v) is 9.28. The van der Waals surface area contributed by atoms with E-state index in [2.05, 4.69) is 59.0 Å². The summed E-state index contributed by atoms with van der Waals surface area (Å²) in [6, 6.07) is 16.4. The molecular formula is C26H31N5. The summed E-state index contributed by atoms with van der Waals surface area (Å²) in [7, 11) is 0. The minimum Gasteiger partial charge on any atom is -0.370 e. The third-order valence-corrected chi connectivity index (χ3v) is 7.31. The largest absolute Gasteiger partial charge is 0.370 e. The highest BCUT2D eigenvalue weighted by molar-refractivity contribution is 5.64. The first-order valence-electron chi connectivity index (χ1n) is 11.6. The molecule has 31 heavy (non-hydrogen) atoms. The van der Waals surface area contributed by atoms with Crippen molar-refractivity contribution in [3.63, 3.8) is 0 Å². The molecule has 1 unspecified atom stereocenters. The first-order valence-corrected chi connectivity index (χ1v) is 11.6. The molecule has 2 saturated heterocycles. The van der Waals surface area contributed by atoms with Gasteiger partial charge in [-0.25, -0.2) is 4.98 Å². The van der Waals surface area contributed by atoms with Gasteiger partial charge in [-0.2, -0.15) is 5.26 Å². The highest BCUT2D eigenvalue weighted by atomic mass is 15.3. The fraction of sp³-hybridized carbons (Fsp3) is 0.462. The van der Waals surface area contributed by atoms with Crippen LogP contribution in [-0.4, -0.2) is 42.2 Å². The van der Waals surface area contributed by atoms with E-state index < -0.39 is 0 Å². The van der Waals surface area contributed by atoms with E-state index in [1.165, 1.54) is 36.9 Å². The summed E-state index contributed by atoms with van der Waals surface area (Å²) in [6.07, 6.45) is 8.12. The third-order valence-electron chi connectivity index (χ3n) is 7.31. The summed E-state index contributed by atoms with van der Waals surface area (Å²) in [5.41, 5.74) is 4.20. The first kappa shape index (κ1) is 20.1. The molecule has 2 aromatic rings. The molecule has 0 bridgehead atoms. The maximum atomic E-state index is 9.10. The predicted octanol–water partition coefficient (Wildman–Crippen LogP) is 4.35. The van der Waals surface area contributed by atoms with E-state index >= 15 is 0 Å². The summed E-state index contributed by atoms with van der Waals surface area (Å²) in [6.45, 7) is 8.21. The van der Waals surface area contributed by atoms with E-state index in [0.717, 1.165) is 30.9 Å². The van der Waals surface area contributed by atoms with Crippen molar-refractivity contribution >= 4 is 17.1 Å². The van der Waals surface area contributed by atoms with Gasteiger partial charge in [-0.1, -0.05) is 25.0 Å². The maximum absolute atomic E-state index is 9.10. The van der Waals surface area contributed by atoms with Crippen molar-refractivity contribution in [3.05, 3.63) is 60.3 Å². The van der Waals surface area contributed by atoms with Crippen LogP contribution in [0.3, 0.4) is 0 Å². The van der Waals surface area contributed by atoms with Crippen LogP contribution >= 0.6 is 0 Å². The number of hydrogen-bond donors (Lipinski definition) is 1. The van der Waals surface area contributed by atoms with Crippen LogP contribution in [0.15, 0.2) is 49.2 Å². The molecule has 5 rings (SSSR count). The molecule has 3 aliphatic rings. The van der Waals surface area contributed by atoms with Gasteiger partial charge in [-0.15, -0.1) is 0 Å². The van der Waals surface area contributed by atoms with Gasteiger partial charge in [0.1, 0.15) is 5.82 Å². The fourth-order valence-electron chi connectivity index (χ4n) is 5.74. The van der Waals surface area contributed by atoms with Crippen molar-refractivity contribution in [2.24, 2.45) is 0 Å². The number of nitriles is 1. The van der Waals surface area contributed by atoms with Crippen molar-refractivity contribution in [2.45, 2.75) is 63.2 Å². The third kappa shape index (κ3) is 3.81. The van der Waals surface area contributed by atoms with Crippen molar-refractivity contribution in [2.75, 3.05) is 22.9 Å². The molecule has 4 atom stereocenters. The predicted molar refractivity (Wildman–Crippen MR) is 126 cm³/mol. The van der Waals surface area contributed by atoms with Gasteiger partial charge in [0.2, 0.25) is 0 Å². The number of nitrogens with one attached hydrogen (secondary N) is 1. The number of allylic oxidation sites excluding steroid dienone is 1. The van der Waals surface area contributed by atoms with Crippen molar-refractivity contribution < 1.29 is 0 Å². The highest BCUT2D eigenvalue weighted by Gasteiger charge is 2.45. The molecule has 0 spiro atoms. The van der Waals surface area contributed by atoms with Crippen LogP contribution in [0.25, 0.3) is 5.57 Å². The van der Waals surface area contributed by atoms with Gasteiger partial charge in [0.25, 0.3) is 0 Å². The SMILES string of the molecule is C=C(C)c1ccnc(N2C3CCN(c4ccc(C#N)cc4)C[C@H]3N[C@@H]3CCCC[C@H]32)c1.